The maximum Gasteiger partial charge on any atom is 0.490 e. The van der Waals surface area contributed by atoms with E-state index in [0.29, 0.717) is 11.5 Å². The van der Waals surface area contributed by atoms with E-state index in [1.54, 1.807) is 50.2 Å². The molecule has 0 aromatic heterocycles. The monoisotopic (exact) mass is 863 g/mol. The molecule has 0 aliphatic carbocycles. The lowest BCUT2D eigenvalue weighted by molar-refractivity contribution is -0.192. The van der Waals surface area contributed by atoms with Crippen LogP contribution < -0.4 is 27.0 Å². The zero-order valence-corrected chi connectivity index (χ0v) is 34.3. The Labute approximate surface area is 347 Å². The van der Waals surface area contributed by atoms with Crippen molar-refractivity contribution in [2.24, 2.45) is 5.73 Å². The predicted octanol–water partition coefficient (Wildman–Crippen LogP) is 3.53. The molecule has 0 saturated heterocycles. The highest BCUT2D eigenvalue weighted by atomic mass is 32.2. The van der Waals surface area contributed by atoms with Crippen LogP contribution in [0.3, 0.4) is 0 Å². The summed E-state index contributed by atoms with van der Waals surface area (Å²) in [5, 5.41) is 37.8. The largest absolute Gasteiger partial charge is 0.508 e. The molecule has 3 aromatic rings. The molecule has 320 valence electrons. The number of nitrogens with one attached hydrogen (secondary N) is 4. The van der Waals surface area contributed by atoms with Gasteiger partial charge in [-0.3, -0.25) is 19.2 Å². The van der Waals surface area contributed by atoms with Crippen LogP contribution in [0.15, 0.2) is 78.9 Å². The number of alkyl halides is 3. The van der Waals surface area contributed by atoms with Crippen molar-refractivity contribution in [1.82, 2.24) is 21.3 Å². The number of carbonyl (C=O) groups excluding carboxylic acids is 4. The molecule has 0 unspecified atom stereocenters. The van der Waals surface area contributed by atoms with Gasteiger partial charge in [-0.2, -0.15) is 13.2 Å². The second-order valence-corrected chi connectivity index (χ2v) is 17.8. The van der Waals surface area contributed by atoms with Crippen molar-refractivity contribution >= 4 is 59.1 Å². The van der Waals surface area contributed by atoms with Gasteiger partial charge in [-0.05, 0) is 68.5 Å². The summed E-state index contributed by atoms with van der Waals surface area (Å²) in [6.45, 7) is 6.65. The first-order chi connectivity index (χ1) is 27.5. The van der Waals surface area contributed by atoms with Gasteiger partial charge in [0, 0.05) is 27.4 Å². The van der Waals surface area contributed by atoms with E-state index in [1.165, 1.54) is 35.7 Å². The maximum absolute atomic E-state index is 13.9. The number of phenols is 1. The number of amides is 4. The zero-order valence-electron chi connectivity index (χ0n) is 32.7. The molecule has 4 amide bonds. The van der Waals surface area contributed by atoms with Gasteiger partial charge in [-0.15, -0.1) is 23.5 Å². The number of hydrogen-bond donors (Lipinski definition) is 8. The molecule has 4 atom stereocenters. The molecular formula is C40H48F3N5O9S2. The van der Waals surface area contributed by atoms with Crippen LogP contribution in [-0.2, 0) is 53.1 Å². The predicted molar refractivity (Wildman–Crippen MR) is 217 cm³/mol. The van der Waals surface area contributed by atoms with Gasteiger partial charge in [0.25, 0.3) is 0 Å². The van der Waals surface area contributed by atoms with Crippen molar-refractivity contribution in [1.29, 1.82) is 0 Å². The molecule has 0 spiro atoms. The fourth-order valence-electron chi connectivity index (χ4n) is 5.67. The standard InChI is InChI=1S/C38H47N5O7S2.C2HF3O2/c1-37(2)31(42-33(46)28(39)18-24-14-16-27(44)17-15-24)35(48)40-20-30(45)41-29(19-23-10-6-5-7-11-23)34(47)43-32(36(49)50)38(3,4)52-22-26-13-9-8-12-25(26)21-51-37;3-2(4,5)1(6)7/h5-17,28-29,31-32,44H,18-22,39H2,1-4H3,(H,40,48)(H,41,45)(H,42,46)(H,43,47)(H,49,50);(H,6,7)/t28-,29-,31-,32-;/m0./s1. The Morgan fingerprint density at radius 3 is 1.86 bits per heavy atom. The second-order valence-electron chi connectivity index (χ2n) is 14.6. The molecule has 0 bridgehead atoms. The lowest BCUT2D eigenvalue weighted by Gasteiger charge is -2.35. The van der Waals surface area contributed by atoms with Crippen LogP contribution in [0.2, 0.25) is 0 Å². The van der Waals surface area contributed by atoms with E-state index < -0.39 is 81.9 Å². The summed E-state index contributed by atoms with van der Waals surface area (Å²) in [4.78, 5) is 75.8. The van der Waals surface area contributed by atoms with Crippen molar-refractivity contribution in [3.05, 3.63) is 101 Å². The Kier molecular flexibility index (Phi) is 17.2. The van der Waals surface area contributed by atoms with Crippen LogP contribution in [0.4, 0.5) is 13.2 Å². The van der Waals surface area contributed by atoms with Gasteiger partial charge in [0.2, 0.25) is 23.6 Å². The van der Waals surface area contributed by atoms with Crippen LogP contribution in [0, 0.1) is 0 Å². The average molecular weight is 864 g/mol. The van der Waals surface area contributed by atoms with Gasteiger partial charge in [0.05, 0.1) is 12.6 Å². The number of carbonyl (C=O) groups is 6. The number of carboxylic acids is 2. The molecule has 1 aliphatic heterocycles. The first kappa shape index (κ1) is 48.1. The Morgan fingerprint density at radius 2 is 1.34 bits per heavy atom. The van der Waals surface area contributed by atoms with Gasteiger partial charge in [0.15, 0.2) is 0 Å². The normalized spacial score (nSPS) is 20.6. The van der Waals surface area contributed by atoms with Gasteiger partial charge in [-0.25, -0.2) is 9.59 Å². The molecule has 14 nitrogen and oxygen atoms in total. The number of fused-ring (bicyclic) bond motifs is 1. The summed E-state index contributed by atoms with van der Waals surface area (Å²) < 4.78 is 29.9. The first-order valence-electron chi connectivity index (χ1n) is 18.1. The van der Waals surface area contributed by atoms with E-state index in [-0.39, 0.29) is 18.6 Å². The lowest BCUT2D eigenvalue weighted by atomic mass is 10.00. The number of halogens is 3. The fourth-order valence-corrected chi connectivity index (χ4v) is 7.94. The summed E-state index contributed by atoms with van der Waals surface area (Å²) in [5.41, 5.74) is 9.65. The summed E-state index contributed by atoms with van der Waals surface area (Å²) >= 11 is 2.82. The summed E-state index contributed by atoms with van der Waals surface area (Å²) in [6, 6.07) is 18.4. The number of carboxylic acid groups (broad SMARTS) is 2. The van der Waals surface area contributed by atoms with Gasteiger partial charge in [0.1, 0.15) is 23.9 Å². The van der Waals surface area contributed by atoms with E-state index >= 15 is 0 Å². The quantitative estimate of drug-likeness (QED) is 0.170. The molecule has 59 heavy (non-hydrogen) atoms. The molecule has 1 aliphatic rings. The van der Waals surface area contributed by atoms with Crippen molar-refractivity contribution in [3.8, 4) is 5.75 Å². The molecule has 0 saturated carbocycles. The second kappa shape index (κ2) is 21.1. The minimum absolute atomic E-state index is 0.0704. The number of hydrogen-bond acceptors (Lipinski definition) is 10. The zero-order chi connectivity index (χ0) is 44.1. The fraction of sp³-hybridized carbons (Fsp3) is 0.400. The van der Waals surface area contributed by atoms with E-state index in [2.05, 4.69) is 21.3 Å². The molecule has 19 heteroatoms. The van der Waals surface area contributed by atoms with Gasteiger partial charge >= 0.3 is 18.1 Å². The summed E-state index contributed by atoms with van der Waals surface area (Å²) in [6.07, 6.45) is -4.85. The van der Waals surface area contributed by atoms with E-state index in [4.69, 9.17) is 15.6 Å². The van der Waals surface area contributed by atoms with Crippen LogP contribution in [0.1, 0.15) is 49.9 Å². The topological polar surface area (TPSA) is 237 Å². The minimum Gasteiger partial charge on any atom is -0.508 e. The summed E-state index contributed by atoms with van der Waals surface area (Å²) in [7, 11) is 0. The third-order valence-electron chi connectivity index (χ3n) is 9.12. The average Bonchev–Trinajstić information content (AvgIpc) is 3.17. The van der Waals surface area contributed by atoms with Crippen molar-refractivity contribution in [3.63, 3.8) is 0 Å². The molecule has 4 rings (SSSR count). The van der Waals surface area contributed by atoms with E-state index in [9.17, 15) is 47.4 Å². The van der Waals surface area contributed by atoms with Crippen LogP contribution >= 0.6 is 23.5 Å². The smallest absolute Gasteiger partial charge is 0.490 e. The molecular weight excluding hydrogens is 816 g/mol. The highest BCUT2D eigenvalue weighted by Gasteiger charge is 2.41. The Bertz CT molecular complexity index is 1950. The number of rotatable bonds is 7. The van der Waals surface area contributed by atoms with Gasteiger partial charge < -0.3 is 42.3 Å². The van der Waals surface area contributed by atoms with E-state index in [1.807, 2.05) is 44.2 Å². The minimum atomic E-state index is -5.08. The third-order valence-corrected chi connectivity index (χ3v) is 12.0. The molecule has 3 aromatic carbocycles. The number of phenolic OH excluding ortho intramolecular Hbond substituents is 1. The van der Waals surface area contributed by atoms with E-state index in [0.717, 1.165) is 22.3 Å². The van der Waals surface area contributed by atoms with Crippen molar-refractivity contribution in [2.45, 2.75) is 91.9 Å². The number of aliphatic carboxylic acids is 2. The molecule has 9 N–H and O–H groups in total. The number of benzene rings is 3. The first-order valence-corrected chi connectivity index (χ1v) is 20.1. The SMILES string of the molecule is CC1(C)SCc2ccccc2CSC(C)(C)[C@@H](NC(=O)[C@@H](N)Cc2ccc(O)cc2)C(=O)NCC(=O)N[C@@H](Cc2ccccc2)C(=O)N[C@H]1C(=O)O.O=C(O)C(F)(F)F. The Balaban J connectivity index is 0.00000122. The van der Waals surface area contributed by atoms with Crippen LogP contribution in [0.5, 0.6) is 5.75 Å². The highest BCUT2D eigenvalue weighted by Crippen LogP contribution is 2.36. The molecule has 0 fully saturated rings. The highest BCUT2D eigenvalue weighted by molar-refractivity contribution is 8.00. The molecule has 1 heterocycles. The Morgan fingerprint density at radius 1 is 0.814 bits per heavy atom. The van der Waals surface area contributed by atoms with Crippen molar-refractivity contribution < 1.29 is 57.3 Å². The van der Waals surface area contributed by atoms with Crippen molar-refractivity contribution in [2.75, 3.05) is 6.54 Å². The number of thioether (sulfide) groups is 2. The lowest BCUT2D eigenvalue weighted by Crippen LogP contribution is -2.61. The number of nitrogens with two attached hydrogens (primary N) is 1. The van der Waals surface area contributed by atoms with Crippen LogP contribution in [-0.4, -0.2) is 97.3 Å². The Hall–Kier alpha value is -5.27. The summed E-state index contributed by atoms with van der Waals surface area (Å²) in [5.74, 6) is -5.56. The third kappa shape index (κ3) is 15.1. The maximum atomic E-state index is 13.9. The van der Waals surface area contributed by atoms with Gasteiger partial charge in [-0.1, -0.05) is 66.7 Å². The van der Waals surface area contributed by atoms with Crippen LogP contribution in [0.25, 0.3) is 0 Å². The molecule has 0 radical (unpaired) electrons. The number of aromatic hydroxyl groups is 1.